The maximum absolute atomic E-state index is 11.9. The van der Waals surface area contributed by atoms with Gasteiger partial charge in [0.2, 0.25) is 0 Å². The van der Waals surface area contributed by atoms with Crippen LogP contribution in [0, 0.1) is 5.41 Å². The minimum Gasteiger partial charge on any atom is -0.388 e. The second kappa shape index (κ2) is 3.47. The van der Waals surface area contributed by atoms with E-state index in [9.17, 15) is 9.59 Å². The zero-order chi connectivity index (χ0) is 11.1. The molecule has 1 saturated heterocycles. The summed E-state index contributed by atoms with van der Waals surface area (Å²) in [4.78, 5) is 23.8. The van der Waals surface area contributed by atoms with Gasteiger partial charge in [-0.2, -0.15) is 0 Å². The van der Waals surface area contributed by atoms with Crippen LogP contribution in [-0.2, 0) is 9.59 Å². The summed E-state index contributed by atoms with van der Waals surface area (Å²) < 4.78 is 0. The molecular formula is C12H17NO2. The highest BCUT2D eigenvalue weighted by Gasteiger charge is 2.37. The van der Waals surface area contributed by atoms with Crippen molar-refractivity contribution in [1.29, 1.82) is 0 Å². The summed E-state index contributed by atoms with van der Waals surface area (Å²) in [6.45, 7) is 4.85. The molecule has 1 heterocycles. The zero-order valence-corrected chi connectivity index (χ0v) is 9.35. The van der Waals surface area contributed by atoms with Crippen LogP contribution in [0.1, 0.15) is 39.5 Å². The number of allylic oxidation sites excluding steroid dienone is 2. The third kappa shape index (κ3) is 1.96. The maximum atomic E-state index is 11.9. The summed E-state index contributed by atoms with van der Waals surface area (Å²) >= 11 is 0. The zero-order valence-electron chi connectivity index (χ0n) is 9.35. The van der Waals surface area contributed by atoms with Crippen LogP contribution in [0.2, 0.25) is 0 Å². The van der Waals surface area contributed by atoms with E-state index in [0.29, 0.717) is 18.4 Å². The van der Waals surface area contributed by atoms with Crippen LogP contribution in [0.15, 0.2) is 11.3 Å². The number of hydrogen-bond acceptors (Lipinski definition) is 3. The van der Waals surface area contributed by atoms with Gasteiger partial charge in [-0.3, -0.25) is 9.59 Å². The molecule has 0 aromatic rings. The van der Waals surface area contributed by atoms with E-state index < -0.39 is 0 Å². The van der Waals surface area contributed by atoms with E-state index in [2.05, 4.69) is 5.32 Å². The molecule has 0 aromatic carbocycles. The highest BCUT2D eigenvalue weighted by atomic mass is 16.2. The lowest BCUT2D eigenvalue weighted by molar-refractivity contribution is -0.127. The molecule has 15 heavy (non-hydrogen) atoms. The van der Waals surface area contributed by atoms with Gasteiger partial charge >= 0.3 is 0 Å². The Morgan fingerprint density at radius 1 is 1.13 bits per heavy atom. The Balaban J connectivity index is 2.31. The van der Waals surface area contributed by atoms with Gasteiger partial charge in [-0.25, -0.2) is 0 Å². The topological polar surface area (TPSA) is 46.2 Å². The van der Waals surface area contributed by atoms with Crippen molar-refractivity contribution in [3.05, 3.63) is 11.3 Å². The summed E-state index contributed by atoms with van der Waals surface area (Å²) in [5, 5.41) is 3.15. The van der Waals surface area contributed by atoms with Gasteiger partial charge in [0.25, 0.3) is 0 Å². The van der Waals surface area contributed by atoms with Crippen molar-refractivity contribution in [1.82, 2.24) is 5.32 Å². The average molecular weight is 207 g/mol. The largest absolute Gasteiger partial charge is 0.388 e. The Morgan fingerprint density at radius 2 is 1.73 bits per heavy atom. The summed E-state index contributed by atoms with van der Waals surface area (Å²) in [6.07, 6.45) is 2.88. The predicted molar refractivity (Wildman–Crippen MR) is 57.3 cm³/mol. The van der Waals surface area contributed by atoms with Gasteiger partial charge in [-0.05, 0) is 18.3 Å². The van der Waals surface area contributed by atoms with Crippen molar-refractivity contribution in [3.8, 4) is 0 Å². The third-order valence-corrected chi connectivity index (χ3v) is 3.08. The van der Waals surface area contributed by atoms with Crippen LogP contribution < -0.4 is 5.32 Å². The minimum atomic E-state index is -0.156. The predicted octanol–water partition coefficient (Wildman–Crippen LogP) is 1.58. The highest BCUT2D eigenvalue weighted by Crippen LogP contribution is 2.35. The molecule has 82 valence electrons. The molecule has 0 aromatic heterocycles. The van der Waals surface area contributed by atoms with Crippen molar-refractivity contribution >= 4 is 11.6 Å². The Hall–Kier alpha value is -1.12. The molecule has 0 amide bonds. The Bertz CT molecular complexity index is 323. The number of ketones is 2. The lowest BCUT2D eigenvalue weighted by Crippen LogP contribution is -2.33. The Morgan fingerprint density at radius 3 is 2.20 bits per heavy atom. The van der Waals surface area contributed by atoms with Crippen LogP contribution in [-0.4, -0.2) is 18.1 Å². The molecule has 0 atom stereocenters. The van der Waals surface area contributed by atoms with Crippen molar-refractivity contribution in [2.24, 2.45) is 5.41 Å². The first-order valence-corrected chi connectivity index (χ1v) is 5.53. The van der Waals surface area contributed by atoms with Crippen molar-refractivity contribution in [2.45, 2.75) is 39.5 Å². The molecule has 1 aliphatic heterocycles. The third-order valence-electron chi connectivity index (χ3n) is 3.08. The van der Waals surface area contributed by atoms with Crippen LogP contribution in [0.25, 0.3) is 0 Å². The van der Waals surface area contributed by atoms with Gasteiger partial charge in [0.1, 0.15) is 0 Å². The van der Waals surface area contributed by atoms with Crippen LogP contribution in [0.3, 0.4) is 0 Å². The van der Waals surface area contributed by atoms with E-state index >= 15 is 0 Å². The van der Waals surface area contributed by atoms with E-state index in [1.165, 1.54) is 0 Å². The van der Waals surface area contributed by atoms with E-state index in [1.54, 1.807) is 0 Å². The lowest BCUT2D eigenvalue weighted by Gasteiger charge is -2.29. The highest BCUT2D eigenvalue weighted by molar-refractivity contribution is 6.22. The molecule has 2 rings (SSSR count). The molecule has 0 spiro atoms. The average Bonchev–Trinajstić information content (AvgIpc) is 2.52. The molecule has 1 aliphatic carbocycles. The number of carbonyl (C=O) groups excluding carboxylic acids is 2. The first kappa shape index (κ1) is 10.4. The maximum Gasteiger partial charge on any atom is 0.168 e. The van der Waals surface area contributed by atoms with Gasteiger partial charge in [0.05, 0.1) is 5.57 Å². The molecule has 2 fully saturated rings. The summed E-state index contributed by atoms with van der Waals surface area (Å²) in [7, 11) is 0. The standard InChI is InChI=1S/C12H17NO2/c1-12(2)6-9(14)11(10(15)7-12)8-4-3-5-13-8/h13H,3-7H2,1-2H3. The fourth-order valence-corrected chi connectivity index (χ4v) is 2.41. The smallest absolute Gasteiger partial charge is 0.168 e. The first-order valence-electron chi connectivity index (χ1n) is 5.53. The molecule has 0 unspecified atom stereocenters. The van der Waals surface area contributed by atoms with Gasteiger partial charge in [0.15, 0.2) is 11.6 Å². The molecule has 2 aliphatic rings. The SMILES string of the molecule is CC1(C)CC(=O)C(=C2CCCN2)C(=O)C1. The Kier molecular flexibility index (Phi) is 2.41. The van der Waals surface area contributed by atoms with E-state index in [0.717, 1.165) is 25.1 Å². The van der Waals surface area contributed by atoms with Crippen LogP contribution in [0.5, 0.6) is 0 Å². The van der Waals surface area contributed by atoms with E-state index in [4.69, 9.17) is 0 Å². The molecule has 3 nitrogen and oxygen atoms in total. The van der Waals surface area contributed by atoms with Crippen molar-refractivity contribution in [2.75, 3.05) is 6.54 Å². The fraction of sp³-hybridized carbons (Fsp3) is 0.667. The van der Waals surface area contributed by atoms with Crippen molar-refractivity contribution < 1.29 is 9.59 Å². The second-order valence-electron chi connectivity index (χ2n) is 5.25. The molecule has 0 bridgehead atoms. The van der Waals surface area contributed by atoms with Gasteiger partial charge in [-0.1, -0.05) is 13.8 Å². The van der Waals surface area contributed by atoms with Crippen molar-refractivity contribution in [3.63, 3.8) is 0 Å². The normalized spacial score (nSPS) is 25.7. The number of Topliss-reactive ketones (excluding diaryl/α,β-unsaturated/α-hetero) is 2. The minimum absolute atomic E-state index is 0.0284. The fourth-order valence-electron chi connectivity index (χ4n) is 2.41. The number of hydrogen-bond donors (Lipinski definition) is 1. The van der Waals surface area contributed by atoms with Gasteiger partial charge in [0, 0.05) is 25.1 Å². The summed E-state index contributed by atoms with van der Waals surface area (Å²) in [5.41, 5.74) is 1.20. The summed E-state index contributed by atoms with van der Waals surface area (Å²) in [6, 6.07) is 0. The number of rotatable bonds is 0. The molecule has 1 N–H and O–H groups in total. The quantitative estimate of drug-likeness (QED) is 0.484. The monoisotopic (exact) mass is 207 g/mol. The van der Waals surface area contributed by atoms with Gasteiger partial charge in [-0.15, -0.1) is 0 Å². The summed E-state index contributed by atoms with van der Waals surface area (Å²) in [5.74, 6) is 0.0568. The van der Waals surface area contributed by atoms with E-state index in [1.807, 2.05) is 13.8 Å². The second-order valence-corrected chi connectivity index (χ2v) is 5.25. The Labute approximate surface area is 89.9 Å². The lowest BCUT2D eigenvalue weighted by atomic mass is 9.73. The molecule has 3 heteroatoms. The molecular weight excluding hydrogens is 190 g/mol. The number of nitrogens with one attached hydrogen (secondary N) is 1. The molecule has 1 saturated carbocycles. The van der Waals surface area contributed by atoms with Gasteiger partial charge < -0.3 is 5.32 Å². The van der Waals surface area contributed by atoms with E-state index in [-0.39, 0.29) is 17.0 Å². The molecule has 0 radical (unpaired) electrons. The van der Waals surface area contributed by atoms with Crippen LogP contribution in [0.4, 0.5) is 0 Å². The van der Waals surface area contributed by atoms with Crippen LogP contribution >= 0.6 is 0 Å². The number of carbonyl (C=O) groups is 2. The first-order chi connectivity index (χ1) is 6.99.